The second kappa shape index (κ2) is 3.25. The number of aryl methyl sites for hydroxylation is 1. The fourth-order valence-electron chi connectivity index (χ4n) is 0.809. The molecule has 0 radical (unpaired) electrons. The Hall–Kier alpha value is -1.52. The van der Waals surface area contributed by atoms with Gasteiger partial charge >= 0.3 is 5.95 Å². The average molecular weight is 170 g/mol. The summed E-state index contributed by atoms with van der Waals surface area (Å²) >= 11 is 0. The van der Waals surface area contributed by atoms with Gasteiger partial charge in [-0.2, -0.15) is 0 Å². The van der Waals surface area contributed by atoms with Crippen LogP contribution in [0.5, 0.6) is 5.95 Å². The molecule has 0 unspecified atom stereocenters. The van der Waals surface area contributed by atoms with E-state index in [1.807, 2.05) is 0 Å². The molecule has 5 nitrogen and oxygen atoms in total. The summed E-state index contributed by atoms with van der Waals surface area (Å²) in [5.41, 5.74) is 0.178. The highest BCUT2D eigenvalue weighted by molar-refractivity contribution is 5.94. The molecule has 1 rings (SSSR count). The zero-order chi connectivity index (χ0) is 9.14. The summed E-state index contributed by atoms with van der Waals surface area (Å²) in [6, 6.07) is 0. The molecule has 0 aliphatic rings. The number of oxazole rings is 1. The summed E-state index contributed by atoms with van der Waals surface area (Å²) in [5, 5.41) is 2.43. The van der Waals surface area contributed by atoms with Gasteiger partial charge in [0.15, 0.2) is 5.89 Å². The van der Waals surface area contributed by atoms with Crippen LogP contribution in [0, 0.1) is 6.92 Å². The Morgan fingerprint density at radius 2 is 2.33 bits per heavy atom. The van der Waals surface area contributed by atoms with Gasteiger partial charge in [-0.3, -0.25) is 4.79 Å². The van der Waals surface area contributed by atoms with Gasteiger partial charge in [-0.1, -0.05) is 0 Å². The monoisotopic (exact) mass is 170 g/mol. The van der Waals surface area contributed by atoms with E-state index in [0.717, 1.165) is 0 Å². The van der Waals surface area contributed by atoms with Gasteiger partial charge in [-0.25, -0.2) is 4.98 Å². The van der Waals surface area contributed by atoms with Gasteiger partial charge in [0.05, 0.1) is 7.11 Å². The number of rotatable bonds is 2. The van der Waals surface area contributed by atoms with Crippen molar-refractivity contribution in [1.82, 2.24) is 10.3 Å². The maximum atomic E-state index is 11.1. The van der Waals surface area contributed by atoms with Crippen LogP contribution in [0.4, 0.5) is 0 Å². The molecular weight excluding hydrogens is 160 g/mol. The molecule has 0 aliphatic heterocycles. The Morgan fingerprint density at radius 1 is 1.67 bits per heavy atom. The maximum Gasteiger partial charge on any atom is 0.318 e. The standard InChI is InChI=1S/C7H10N2O3/c1-4-9-5(6(10)8-2)7(11-3)12-4/h1-3H3,(H,8,10). The van der Waals surface area contributed by atoms with Gasteiger partial charge in [-0.05, 0) is 0 Å². The van der Waals surface area contributed by atoms with Crippen molar-refractivity contribution < 1.29 is 13.9 Å². The molecule has 0 aliphatic carbocycles. The number of ether oxygens (including phenoxy) is 1. The van der Waals surface area contributed by atoms with Crippen LogP contribution in [0.1, 0.15) is 16.4 Å². The first-order valence-electron chi connectivity index (χ1n) is 3.42. The fourth-order valence-corrected chi connectivity index (χ4v) is 0.809. The van der Waals surface area contributed by atoms with Crippen molar-refractivity contribution in [3.05, 3.63) is 11.6 Å². The molecule has 0 aromatic carbocycles. The fraction of sp³-hybridized carbons (Fsp3) is 0.429. The first-order valence-corrected chi connectivity index (χ1v) is 3.42. The Bertz CT molecular complexity index is 293. The van der Waals surface area contributed by atoms with E-state index < -0.39 is 0 Å². The molecule has 0 saturated heterocycles. The minimum absolute atomic E-state index is 0.145. The highest BCUT2D eigenvalue weighted by Crippen LogP contribution is 2.18. The van der Waals surface area contributed by atoms with Crippen molar-refractivity contribution in [3.63, 3.8) is 0 Å². The number of nitrogens with zero attached hydrogens (tertiary/aromatic N) is 1. The third-order valence-corrected chi connectivity index (χ3v) is 1.33. The molecule has 1 heterocycles. The van der Waals surface area contributed by atoms with Gasteiger partial charge in [0, 0.05) is 14.0 Å². The lowest BCUT2D eigenvalue weighted by Gasteiger charge is -1.95. The van der Waals surface area contributed by atoms with Crippen molar-refractivity contribution in [2.24, 2.45) is 0 Å². The topological polar surface area (TPSA) is 64.4 Å². The number of aromatic nitrogens is 1. The van der Waals surface area contributed by atoms with E-state index in [-0.39, 0.29) is 17.5 Å². The van der Waals surface area contributed by atoms with E-state index in [9.17, 15) is 4.79 Å². The third-order valence-electron chi connectivity index (χ3n) is 1.33. The smallest absolute Gasteiger partial charge is 0.318 e. The predicted octanol–water partition coefficient (Wildman–Crippen LogP) is 0.351. The minimum atomic E-state index is -0.316. The van der Waals surface area contributed by atoms with Crippen molar-refractivity contribution in [2.75, 3.05) is 14.2 Å². The van der Waals surface area contributed by atoms with E-state index in [1.165, 1.54) is 14.2 Å². The number of carbonyl (C=O) groups is 1. The number of hydrogen-bond acceptors (Lipinski definition) is 4. The van der Waals surface area contributed by atoms with Crippen molar-refractivity contribution in [2.45, 2.75) is 6.92 Å². The minimum Gasteiger partial charge on any atom is -0.467 e. The molecule has 0 bridgehead atoms. The van der Waals surface area contributed by atoms with Gasteiger partial charge in [-0.15, -0.1) is 0 Å². The summed E-state index contributed by atoms with van der Waals surface area (Å²) in [6.45, 7) is 1.65. The number of hydrogen-bond donors (Lipinski definition) is 1. The molecule has 66 valence electrons. The van der Waals surface area contributed by atoms with Gasteiger partial charge in [0.1, 0.15) is 0 Å². The van der Waals surface area contributed by atoms with E-state index in [0.29, 0.717) is 5.89 Å². The summed E-state index contributed by atoms with van der Waals surface area (Å²) < 4.78 is 9.79. The van der Waals surface area contributed by atoms with Crippen LogP contribution < -0.4 is 10.1 Å². The van der Waals surface area contributed by atoms with E-state index in [1.54, 1.807) is 6.92 Å². The average Bonchev–Trinajstić information content (AvgIpc) is 2.45. The molecule has 12 heavy (non-hydrogen) atoms. The lowest BCUT2D eigenvalue weighted by molar-refractivity contribution is 0.0953. The number of amides is 1. The first-order chi connectivity index (χ1) is 5.69. The van der Waals surface area contributed by atoms with Crippen molar-refractivity contribution in [3.8, 4) is 5.95 Å². The summed E-state index contributed by atoms with van der Waals surface area (Å²) in [4.78, 5) is 14.9. The largest absolute Gasteiger partial charge is 0.467 e. The highest BCUT2D eigenvalue weighted by atomic mass is 16.6. The Kier molecular flexibility index (Phi) is 2.32. The summed E-state index contributed by atoms with van der Waals surface area (Å²) in [6.07, 6.45) is 0. The van der Waals surface area contributed by atoms with Crippen LogP contribution in [0.3, 0.4) is 0 Å². The van der Waals surface area contributed by atoms with Crippen LogP contribution in [0.2, 0.25) is 0 Å². The van der Waals surface area contributed by atoms with Crippen LogP contribution in [0.15, 0.2) is 4.42 Å². The van der Waals surface area contributed by atoms with Crippen LogP contribution in [-0.2, 0) is 0 Å². The van der Waals surface area contributed by atoms with Gasteiger partial charge in [0.25, 0.3) is 5.91 Å². The molecular formula is C7H10N2O3. The second-order valence-corrected chi connectivity index (χ2v) is 2.15. The molecule has 0 fully saturated rings. The maximum absolute atomic E-state index is 11.1. The van der Waals surface area contributed by atoms with E-state index in [4.69, 9.17) is 9.15 Å². The lowest BCUT2D eigenvalue weighted by atomic mass is 10.4. The molecule has 1 aromatic rings. The van der Waals surface area contributed by atoms with Crippen molar-refractivity contribution >= 4 is 5.91 Å². The SMILES string of the molecule is CNC(=O)c1nc(C)oc1OC. The Balaban J connectivity index is 3.04. The van der Waals surface area contributed by atoms with Crippen LogP contribution in [-0.4, -0.2) is 25.0 Å². The van der Waals surface area contributed by atoms with Crippen molar-refractivity contribution in [1.29, 1.82) is 0 Å². The molecule has 0 saturated carbocycles. The summed E-state index contributed by atoms with van der Waals surface area (Å²) in [7, 11) is 2.94. The zero-order valence-corrected chi connectivity index (χ0v) is 7.17. The first kappa shape index (κ1) is 8.58. The lowest BCUT2D eigenvalue weighted by Crippen LogP contribution is -2.18. The van der Waals surface area contributed by atoms with E-state index in [2.05, 4.69) is 10.3 Å². The Labute approximate surface area is 69.7 Å². The number of carbonyl (C=O) groups excluding carboxylic acids is 1. The molecule has 5 heteroatoms. The molecule has 0 atom stereocenters. The Morgan fingerprint density at radius 3 is 2.83 bits per heavy atom. The molecule has 1 amide bonds. The summed E-state index contributed by atoms with van der Waals surface area (Å²) in [5.74, 6) is 0.237. The van der Waals surface area contributed by atoms with Gasteiger partial charge < -0.3 is 14.5 Å². The van der Waals surface area contributed by atoms with E-state index >= 15 is 0 Å². The molecule has 1 aromatic heterocycles. The molecule has 0 spiro atoms. The quantitative estimate of drug-likeness (QED) is 0.695. The zero-order valence-electron chi connectivity index (χ0n) is 7.17. The van der Waals surface area contributed by atoms with Gasteiger partial charge in [0.2, 0.25) is 5.69 Å². The second-order valence-electron chi connectivity index (χ2n) is 2.15. The predicted molar refractivity (Wildman–Crippen MR) is 41.2 cm³/mol. The highest BCUT2D eigenvalue weighted by Gasteiger charge is 2.17. The number of methoxy groups -OCH3 is 1. The third kappa shape index (κ3) is 1.39. The molecule has 1 N–H and O–H groups in total. The normalized spacial score (nSPS) is 9.58. The van der Waals surface area contributed by atoms with Crippen LogP contribution in [0.25, 0.3) is 0 Å². The van der Waals surface area contributed by atoms with Crippen LogP contribution >= 0.6 is 0 Å². The number of nitrogens with one attached hydrogen (secondary N) is 1.